The lowest BCUT2D eigenvalue weighted by Crippen LogP contribution is -2.29. The fourth-order valence-electron chi connectivity index (χ4n) is 4.51. The quantitative estimate of drug-likeness (QED) is 0.156. The van der Waals surface area contributed by atoms with Crippen molar-refractivity contribution in [2.45, 2.75) is 33.7 Å². The summed E-state index contributed by atoms with van der Waals surface area (Å²) in [6.45, 7) is 6.81. The van der Waals surface area contributed by atoms with Crippen LogP contribution < -0.4 is 4.90 Å². The van der Waals surface area contributed by atoms with Gasteiger partial charge in [-0.1, -0.05) is 45.5 Å². The van der Waals surface area contributed by atoms with Crippen LogP contribution in [-0.4, -0.2) is 36.9 Å². The molecule has 1 saturated heterocycles. The van der Waals surface area contributed by atoms with Crippen molar-refractivity contribution in [3.8, 4) is 0 Å². The highest BCUT2D eigenvalue weighted by atomic mass is 79.9. The molecule has 36 heavy (non-hydrogen) atoms. The Morgan fingerprint density at radius 3 is 2.50 bits per heavy atom. The number of anilines is 1. The molecule has 1 N–H and O–H groups in total. The van der Waals surface area contributed by atoms with Crippen LogP contribution in [0.1, 0.15) is 50.8 Å². The lowest BCUT2D eigenvalue weighted by Gasteiger charge is -2.23. The molecular weight excluding hydrogens is 544 g/mol. The number of rotatable bonds is 4. The molecule has 4 aromatic rings. The Labute approximate surface area is 219 Å². The zero-order valence-electron chi connectivity index (χ0n) is 19.9. The second-order valence-electron chi connectivity index (χ2n) is 8.62. The number of amides is 1. The number of Topliss-reactive ketones (excluding diaryl/α,β-unsaturated/α-hetero) is 2. The minimum absolute atomic E-state index is 0.0838. The Morgan fingerprint density at radius 1 is 1.11 bits per heavy atom. The van der Waals surface area contributed by atoms with E-state index in [-0.39, 0.29) is 27.9 Å². The van der Waals surface area contributed by atoms with Crippen LogP contribution in [0.2, 0.25) is 0 Å². The van der Waals surface area contributed by atoms with Crippen molar-refractivity contribution in [1.82, 2.24) is 14.4 Å². The van der Waals surface area contributed by atoms with Crippen LogP contribution in [0.5, 0.6) is 0 Å². The molecule has 0 saturated carbocycles. The van der Waals surface area contributed by atoms with Gasteiger partial charge in [-0.15, -0.1) is 0 Å². The van der Waals surface area contributed by atoms with Crippen molar-refractivity contribution in [3.63, 3.8) is 0 Å². The molecule has 182 valence electrons. The molecule has 1 aliphatic heterocycles. The first-order valence-corrected chi connectivity index (χ1v) is 12.7. The highest BCUT2D eigenvalue weighted by Crippen LogP contribution is 2.44. The van der Waals surface area contributed by atoms with E-state index in [0.29, 0.717) is 27.5 Å². The maximum atomic E-state index is 13.4. The molecule has 10 heteroatoms. The molecule has 1 aliphatic rings. The molecule has 4 heterocycles. The Bertz CT molecular complexity index is 1630. The van der Waals surface area contributed by atoms with Crippen molar-refractivity contribution in [3.05, 3.63) is 85.7 Å². The smallest absolute Gasteiger partial charge is 0.301 e. The summed E-state index contributed by atoms with van der Waals surface area (Å²) < 4.78 is 2.57. The van der Waals surface area contributed by atoms with Gasteiger partial charge in [0.05, 0.1) is 27.9 Å². The number of fused-ring (bicyclic) bond motifs is 1. The molecule has 1 amide bonds. The fraction of sp³-hybridized carbons (Fsp3) is 0.192. The standard InChI is InChI=1S/C26H21BrN4O4S/c1-12-7-6-10-30-14(3)19(29-24(12)30)21(33)18-20(16-8-5-9-17(27)11-16)31(25(35)22(18)34)26-28-13(2)23(36-26)15(4)32/h5-11,20,33H,1-4H3. The number of aliphatic hydroxyl groups excluding tert-OH is 1. The van der Waals surface area contributed by atoms with E-state index in [1.165, 1.54) is 11.8 Å². The third-order valence-corrected chi connectivity index (χ3v) is 7.98. The van der Waals surface area contributed by atoms with Gasteiger partial charge in [-0.25, -0.2) is 9.97 Å². The summed E-state index contributed by atoms with van der Waals surface area (Å²) in [4.78, 5) is 49.6. The van der Waals surface area contributed by atoms with Gasteiger partial charge in [0.25, 0.3) is 5.78 Å². The lowest BCUT2D eigenvalue weighted by atomic mass is 9.96. The average Bonchev–Trinajstić information content (AvgIpc) is 3.46. The summed E-state index contributed by atoms with van der Waals surface area (Å²) in [6, 6.07) is 9.98. The number of ketones is 2. The van der Waals surface area contributed by atoms with Gasteiger partial charge in [0.1, 0.15) is 11.3 Å². The monoisotopic (exact) mass is 564 g/mol. The molecular formula is C26H21BrN4O4S. The van der Waals surface area contributed by atoms with Crippen molar-refractivity contribution >= 4 is 61.3 Å². The second-order valence-corrected chi connectivity index (χ2v) is 10.5. The maximum Gasteiger partial charge on any atom is 0.301 e. The van der Waals surface area contributed by atoms with Gasteiger partial charge in [-0.05, 0) is 50.1 Å². The first-order valence-electron chi connectivity index (χ1n) is 11.1. The third kappa shape index (κ3) is 3.68. The van der Waals surface area contributed by atoms with Crippen LogP contribution in [0.3, 0.4) is 0 Å². The first-order chi connectivity index (χ1) is 17.1. The van der Waals surface area contributed by atoms with Crippen molar-refractivity contribution < 1.29 is 19.5 Å². The third-order valence-electron chi connectivity index (χ3n) is 6.23. The molecule has 1 fully saturated rings. The highest BCUT2D eigenvalue weighted by molar-refractivity contribution is 9.10. The number of carbonyl (C=O) groups is 3. The Kier molecular flexibility index (Phi) is 5.88. The summed E-state index contributed by atoms with van der Waals surface area (Å²) in [7, 11) is 0. The zero-order valence-corrected chi connectivity index (χ0v) is 22.3. The van der Waals surface area contributed by atoms with Gasteiger partial charge in [-0.3, -0.25) is 19.3 Å². The number of aromatic nitrogens is 3. The predicted molar refractivity (Wildman–Crippen MR) is 140 cm³/mol. The number of hydrogen-bond acceptors (Lipinski definition) is 7. The van der Waals surface area contributed by atoms with Gasteiger partial charge in [0, 0.05) is 17.6 Å². The van der Waals surface area contributed by atoms with Crippen LogP contribution in [0.4, 0.5) is 5.13 Å². The number of carbonyl (C=O) groups excluding carboxylic acids is 3. The van der Waals surface area contributed by atoms with Crippen molar-refractivity contribution in [2.75, 3.05) is 4.90 Å². The molecule has 0 aliphatic carbocycles. The number of thiazole rings is 1. The van der Waals surface area contributed by atoms with E-state index in [9.17, 15) is 19.5 Å². The van der Waals surface area contributed by atoms with Crippen molar-refractivity contribution in [1.29, 1.82) is 0 Å². The summed E-state index contributed by atoms with van der Waals surface area (Å²) in [5.41, 5.74) is 3.39. The first kappa shape index (κ1) is 24.1. The second kappa shape index (κ2) is 8.79. The number of benzene rings is 1. The van der Waals surface area contributed by atoms with Gasteiger partial charge >= 0.3 is 5.91 Å². The molecule has 5 rings (SSSR count). The molecule has 8 nitrogen and oxygen atoms in total. The molecule has 0 radical (unpaired) electrons. The van der Waals surface area contributed by atoms with E-state index in [1.54, 1.807) is 32.0 Å². The Balaban J connectivity index is 1.78. The van der Waals surface area contributed by atoms with Crippen LogP contribution >= 0.6 is 27.3 Å². The summed E-state index contributed by atoms with van der Waals surface area (Å²) >= 11 is 4.50. The van der Waals surface area contributed by atoms with Gasteiger partial charge < -0.3 is 9.51 Å². The van der Waals surface area contributed by atoms with E-state index in [2.05, 4.69) is 25.9 Å². The average molecular weight is 565 g/mol. The van der Waals surface area contributed by atoms with Crippen LogP contribution in [0.25, 0.3) is 11.4 Å². The highest BCUT2D eigenvalue weighted by Gasteiger charge is 2.48. The van der Waals surface area contributed by atoms with Gasteiger partial charge in [0.2, 0.25) is 0 Å². The molecule has 1 unspecified atom stereocenters. The number of halogens is 1. The van der Waals surface area contributed by atoms with Crippen LogP contribution in [-0.2, 0) is 9.59 Å². The van der Waals surface area contributed by atoms with Crippen LogP contribution in [0, 0.1) is 20.8 Å². The largest absolute Gasteiger partial charge is 0.505 e. The topological polar surface area (TPSA) is 105 Å². The number of imidazole rings is 1. The minimum Gasteiger partial charge on any atom is -0.505 e. The minimum atomic E-state index is -0.960. The fourth-order valence-corrected chi connectivity index (χ4v) is 5.91. The maximum absolute atomic E-state index is 13.4. The summed E-state index contributed by atoms with van der Waals surface area (Å²) in [5.74, 6) is -2.21. The zero-order chi connectivity index (χ0) is 25.9. The summed E-state index contributed by atoms with van der Waals surface area (Å²) in [6.07, 6.45) is 1.83. The van der Waals surface area contributed by atoms with E-state index in [1.807, 2.05) is 35.7 Å². The predicted octanol–water partition coefficient (Wildman–Crippen LogP) is 5.31. The lowest BCUT2D eigenvalue weighted by molar-refractivity contribution is -0.132. The Hall–Kier alpha value is -3.63. The normalized spacial score (nSPS) is 17.4. The van der Waals surface area contributed by atoms with Gasteiger partial charge in [-0.2, -0.15) is 0 Å². The number of aryl methyl sites for hydroxylation is 3. The summed E-state index contributed by atoms with van der Waals surface area (Å²) in [5, 5.41) is 11.7. The van der Waals surface area contributed by atoms with E-state index < -0.39 is 17.7 Å². The Morgan fingerprint density at radius 2 is 1.86 bits per heavy atom. The SMILES string of the molecule is CC(=O)c1sc(N2C(=O)C(=O)C(=C(O)c3nc4c(C)cccn4c3C)C2c2cccc(Br)c2)nc1C. The molecule has 3 aromatic heterocycles. The van der Waals surface area contributed by atoms with Gasteiger partial charge in [0.15, 0.2) is 16.7 Å². The molecule has 1 aromatic carbocycles. The molecule has 0 spiro atoms. The molecule has 0 bridgehead atoms. The van der Waals surface area contributed by atoms with E-state index >= 15 is 0 Å². The van der Waals surface area contributed by atoms with E-state index in [0.717, 1.165) is 21.4 Å². The number of hydrogen-bond donors (Lipinski definition) is 1. The molecule has 1 atom stereocenters. The van der Waals surface area contributed by atoms with Crippen molar-refractivity contribution in [2.24, 2.45) is 0 Å². The number of pyridine rings is 1. The van der Waals surface area contributed by atoms with E-state index in [4.69, 9.17) is 0 Å². The van der Waals surface area contributed by atoms with Crippen LogP contribution in [0.15, 0.2) is 52.6 Å². The number of nitrogens with zero attached hydrogens (tertiary/aromatic N) is 4. The number of aliphatic hydroxyl groups is 1.